The number of halogens is 1. The molecule has 7 nitrogen and oxygen atoms in total. The van der Waals surface area contributed by atoms with Crippen LogP contribution in [0, 0.1) is 6.92 Å². The Labute approximate surface area is 184 Å². The molecule has 2 aromatic heterocycles. The molecular formula is C23H20ClN5O2. The minimum atomic E-state index is -0.289. The van der Waals surface area contributed by atoms with Crippen LogP contribution in [0.1, 0.15) is 27.3 Å². The van der Waals surface area contributed by atoms with Crippen LogP contribution in [0.2, 0.25) is 5.02 Å². The van der Waals surface area contributed by atoms with Crippen molar-refractivity contribution in [1.82, 2.24) is 25.3 Å². The van der Waals surface area contributed by atoms with Gasteiger partial charge in [-0.05, 0) is 48.9 Å². The normalized spacial score (nSPS) is 10.6. The Morgan fingerprint density at radius 2 is 1.94 bits per heavy atom. The molecule has 2 aromatic carbocycles. The quantitative estimate of drug-likeness (QED) is 0.473. The van der Waals surface area contributed by atoms with Crippen molar-refractivity contribution < 1.29 is 9.53 Å². The first kappa shape index (κ1) is 20.6. The summed E-state index contributed by atoms with van der Waals surface area (Å²) in [4.78, 5) is 16.7. The van der Waals surface area contributed by atoms with Gasteiger partial charge in [0.1, 0.15) is 12.4 Å². The fourth-order valence-electron chi connectivity index (χ4n) is 3.01. The van der Waals surface area contributed by atoms with E-state index >= 15 is 0 Å². The molecule has 156 valence electrons. The molecule has 0 unspecified atom stereocenters. The Balaban J connectivity index is 1.34. The maximum Gasteiger partial charge on any atom is 0.274 e. The number of carbonyl (C=O) groups excluding carboxylic acids is 1. The van der Waals surface area contributed by atoms with Crippen LogP contribution < -0.4 is 10.1 Å². The molecule has 4 aromatic rings. The van der Waals surface area contributed by atoms with Crippen LogP contribution in [0.15, 0.2) is 73.1 Å². The number of hydrogen-bond acceptors (Lipinski definition) is 5. The van der Waals surface area contributed by atoms with Crippen LogP contribution in [0.3, 0.4) is 0 Å². The van der Waals surface area contributed by atoms with Crippen molar-refractivity contribution in [3.63, 3.8) is 0 Å². The topological polar surface area (TPSA) is 81.9 Å². The van der Waals surface area contributed by atoms with Gasteiger partial charge in [-0.1, -0.05) is 41.1 Å². The highest BCUT2D eigenvalue weighted by Gasteiger charge is 2.17. The highest BCUT2D eigenvalue weighted by molar-refractivity contribution is 6.30. The van der Waals surface area contributed by atoms with E-state index in [1.54, 1.807) is 36.1 Å². The number of amides is 1. The molecule has 0 aliphatic carbocycles. The van der Waals surface area contributed by atoms with Gasteiger partial charge in [-0.15, -0.1) is 5.10 Å². The van der Waals surface area contributed by atoms with Crippen molar-refractivity contribution in [2.45, 2.75) is 20.1 Å². The first-order valence-electron chi connectivity index (χ1n) is 9.67. The van der Waals surface area contributed by atoms with E-state index in [0.717, 1.165) is 22.6 Å². The summed E-state index contributed by atoms with van der Waals surface area (Å²) in [6.45, 7) is 2.61. The summed E-state index contributed by atoms with van der Waals surface area (Å²) < 4.78 is 7.35. The first-order valence-corrected chi connectivity index (χ1v) is 10.0. The van der Waals surface area contributed by atoms with E-state index in [2.05, 4.69) is 20.6 Å². The summed E-state index contributed by atoms with van der Waals surface area (Å²) in [5, 5.41) is 11.6. The summed E-state index contributed by atoms with van der Waals surface area (Å²) in [5.41, 5.74) is 3.61. The van der Waals surface area contributed by atoms with Gasteiger partial charge in [-0.3, -0.25) is 9.78 Å². The van der Waals surface area contributed by atoms with Crippen molar-refractivity contribution in [3.8, 4) is 11.4 Å². The van der Waals surface area contributed by atoms with Crippen molar-refractivity contribution in [2.24, 2.45) is 0 Å². The van der Waals surface area contributed by atoms with E-state index in [1.165, 1.54) is 0 Å². The average Bonchev–Trinajstić information content (AvgIpc) is 3.19. The van der Waals surface area contributed by atoms with Crippen molar-refractivity contribution in [2.75, 3.05) is 0 Å². The van der Waals surface area contributed by atoms with Crippen LogP contribution in [-0.4, -0.2) is 25.9 Å². The number of pyridine rings is 1. The molecule has 1 N–H and O–H groups in total. The van der Waals surface area contributed by atoms with Gasteiger partial charge >= 0.3 is 0 Å². The Morgan fingerprint density at radius 3 is 2.68 bits per heavy atom. The third-order valence-electron chi connectivity index (χ3n) is 4.67. The zero-order valence-corrected chi connectivity index (χ0v) is 17.6. The van der Waals surface area contributed by atoms with Gasteiger partial charge < -0.3 is 10.1 Å². The predicted molar refractivity (Wildman–Crippen MR) is 117 cm³/mol. The van der Waals surface area contributed by atoms with Crippen molar-refractivity contribution in [1.29, 1.82) is 0 Å². The molecule has 2 heterocycles. The smallest absolute Gasteiger partial charge is 0.274 e. The van der Waals surface area contributed by atoms with Gasteiger partial charge in [0.25, 0.3) is 5.91 Å². The minimum Gasteiger partial charge on any atom is -0.489 e. The molecule has 0 spiro atoms. The third-order valence-corrected chi connectivity index (χ3v) is 4.90. The second kappa shape index (κ2) is 9.40. The summed E-state index contributed by atoms with van der Waals surface area (Å²) in [6.07, 6.45) is 3.50. The summed E-state index contributed by atoms with van der Waals surface area (Å²) in [5.74, 6) is 0.460. The number of aromatic nitrogens is 4. The molecule has 0 aliphatic rings. The van der Waals surface area contributed by atoms with Crippen molar-refractivity contribution >= 4 is 17.5 Å². The SMILES string of the molecule is Cc1c(C(=O)NCc2ccc(OCc3cccnc3)cc2)nnn1-c1cccc(Cl)c1. The number of hydrogen-bond donors (Lipinski definition) is 1. The number of nitrogens with zero attached hydrogens (tertiary/aromatic N) is 4. The lowest BCUT2D eigenvalue weighted by molar-refractivity contribution is 0.0945. The summed E-state index contributed by atoms with van der Waals surface area (Å²) in [6, 6.07) is 18.6. The third kappa shape index (κ3) is 5.07. The molecule has 0 atom stereocenters. The summed E-state index contributed by atoms with van der Waals surface area (Å²) in [7, 11) is 0. The molecule has 8 heteroatoms. The molecule has 0 aliphatic heterocycles. The Morgan fingerprint density at radius 1 is 1.10 bits per heavy atom. The molecule has 0 saturated heterocycles. The predicted octanol–water partition coefficient (Wildman–Crippen LogP) is 4.13. The Bertz CT molecular complexity index is 1180. The fraction of sp³-hybridized carbons (Fsp3) is 0.130. The number of ether oxygens (including phenoxy) is 1. The zero-order chi connectivity index (χ0) is 21.6. The molecule has 4 rings (SSSR count). The van der Waals surface area contributed by atoms with Gasteiger partial charge in [0.05, 0.1) is 11.4 Å². The Hall–Kier alpha value is -3.71. The van der Waals surface area contributed by atoms with Crippen LogP contribution in [-0.2, 0) is 13.2 Å². The van der Waals surface area contributed by atoms with E-state index in [9.17, 15) is 4.79 Å². The number of rotatable bonds is 7. The van der Waals surface area contributed by atoms with Gasteiger partial charge in [-0.2, -0.15) is 0 Å². The van der Waals surface area contributed by atoms with Crippen LogP contribution >= 0.6 is 11.6 Å². The van der Waals surface area contributed by atoms with Gasteiger partial charge in [0, 0.05) is 29.5 Å². The maximum atomic E-state index is 12.6. The monoisotopic (exact) mass is 433 g/mol. The standard InChI is InChI=1S/C23H20ClN5O2/c1-16-22(27-28-29(16)20-6-2-5-19(24)12-20)23(30)26-14-17-7-9-21(10-8-17)31-15-18-4-3-11-25-13-18/h2-13H,14-15H2,1H3,(H,26,30). The fourth-order valence-corrected chi connectivity index (χ4v) is 3.20. The molecule has 0 saturated carbocycles. The molecule has 1 amide bonds. The Kier molecular flexibility index (Phi) is 6.24. The maximum absolute atomic E-state index is 12.6. The van der Waals surface area contributed by atoms with E-state index in [-0.39, 0.29) is 11.6 Å². The highest BCUT2D eigenvalue weighted by atomic mass is 35.5. The van der Waals surface area contributed by atoms with Crippen LogP contribution in [0.5, 0.6) is 5.75 Å². The average molecular weight is 434 g/mol. The zero-order valence-electron chi connectivity index (χ0n) is 16.8. The number of benzene rings is 2. The van der Waals surface area contributed by atoms with Gasteiger partial charge in [0.15, 0.2) is 5.69 Å². The van der Waals surface area contributed by atoms with Gasteiger partial charge in [-0.25, -0.2) is 4.68 Å². The lowest BCUT2D eigenvalue weighted by atomic mass is 10.2. The molecule has 0 fully saturated rings. The lowest BCUT2D eigenvalue weighted by Gasteiger charge is -2.08. The summed E-state index contributed by atoms with van der Waals surface area (Å²) >= 11 is 6.04. The lowest BCUT2D eigenvalue weighted by Crippen LogP contribution is -2.24. The van der Waals surface area contributed by atoms with E-state index < -0.39 is 0 Å². The number of nitrogens with one attached hydrogen (secondary N) is 1. The highest BCUT2D eigenvalue weighted by Crippen LogP contribution is 2.17. The minimum absolute atomic E-state index is 0.274. The van der Waals surface area contributed by atoms with Crippen LogP contribution in [0.25, 0.3) is 5.69 Å². The van der Waals surface area contributed by atoms with Gasteiger partial charge in [0.2, 0.25) is 0 Å². The number of carbonyl (C=O) groups is 1. The molecule has 0 bridgehead atoms. The van der Waals surface area contributed by atoms with Crippen molar-refractivity contribution in [3.05, 3.63) is 101 Å². The largest absolute Gasteiger partial charge is 0.489 e. The molecule has 31 heavy (non-hydrogen) atoms. The van der Waals surface area contributed by atoms with E-state index in [0.29, 0.717) is 23.9 Å². The molecule has 0 radical (unpaired) electrons. The van der Waals surface area contributed by atoms with E-state index in [1.807, 2.05) is 48.5 Å². The first-order chi connectivity index (χ1) is 15.1. The second-order valence-electron chi connectivity index (χ2n) is 6.89. The van der Waals surface area contributed by atoms with E-state index in [4.69, 9.17) is 16.3 Å². The second-order valence-corrected chi connectivity index (χ2v) is 7.33. The van der Waals surface area contributed by atoms with Crippen LogP contribution in [0.4, 0.5) is 0 Å². The molecular weight excluding hydrogens is 414 g/mol.